The number of aliphatic carboxylic acids is 2. The zero-order chi connectivity index (χ0) is 72.7. The van der Waals surface area contributed by atoms with E-state index >= 15 is 0 Å². The lowest BCUT2D eigenvalue weighted by molar-refractivity contribution is -0.206. The second-order valence-electron chi connectivity index (χ2n) is 36.5. The Morgan fingerprint density at radius 3 is 1.93 bits per heavy atom. The number of esters is 1. The summed E-state index contributed by atoms with van der Waals surface area (Å²) in [6.45, 7) is 41.3. The maximum Gasteiger partial charge on any atom is 0.311 e. The van der Waals surface area contributed by atoms with Gasteiger partial charge in [0.05, 0.1) is 24.4 Å². The fourth-order valence-corrected chi connectivity index (χ4v) is 22.3. The van der Waals surface area contributed by atoms with E-state index in [1.54, 1.807) is 6.07 Å². The highest BCUT2D eigenvalue weighted by Crippen LogP contribution is 2.76. The molecule has 5 aliphatic carbocycles. The molecule has 7 heterocycles. The van der Waals surface area contributed by atoms with Gasteiger partial charge in [-0.3, -0.25) is 19.2 Å². The molecular weight excluding hydrogens is 1260 g/mol. The molecule has 0 radical (unpaired) electrons. The van der Waals surface area contributed by atoms with Crippen molar-refractivity contribution in [1.29, 1.82) is 0 Å². The molecule has 16 nitrogen and oxygen atoms in total. The largest absolute Gasteiger partial charge is 0.487 e. The molecule has 2 unspecified atom stereocenters. The summed E-state index contributed by atoms with van der Waals surface area (Å²) in [5.74, 6) is 7.55. The molecule has 3 N–H and O–H groups in total. The van der Waals surface area contributed by atoms with Crippen LogP contribution in [0.25, 0.3) is 0 Å². The molecule has 3 aromatic rings. The van der Waals surface area contributed by atoms with E-state index in [2.05, 4.69) is 110 Å². The number of carbonyl (C=O) groups excluding carboxylic acids is 1. The van der Waals surface area contributed by atoms with E-state index in [0.717, 1.165) is 186 Å². The van der Waals surface area contributed by atoms with Crippen molar-refractivity contribution in [2.45, 2.75) is 301 Å². The number of aromatic nitrogens is 4. The van der Waals surface area contributed by atoms with Crippen molar-refractivity contribution in [1.82, 2.24) is 19.5 Å². The van der Waals surface area contributed by atoms with Crippen LogP contribution in [0.3, 0.4) is 0 Å². The average Bonchev–Trinajstić information content (AvgIpc) is 1.01. The summed E-state index contributed by atoms with van der Waals surface area (Å²) in [6, 6.07) is 5.69. The molecule has 13 rings (SSSR count). The summed E-state index contributed by atoms with van der Waals surface area (Å²) >= 11 is 0. The van der Waals surface area contributed by atoms with Crippen LogP contribution in [-0.2, 0) is 27.3 Å². The van der Waals surface area contributed by atoms with Gasteiger partial charge in [-0.25, -0.2) is 0 Å². The number of hydrogen-bond donors (Lipinski definition) is 3. The highest BCUT2D eigenvalue weighted by molar-refractivity contribution is 5.79. The van der Waals surface area contributed by atoms with Gasteiger partial charge in [-0.2, -0.15) is 15.0 Å². The van der Waals surface area contributed by atoms with Crippen LogP contribution >= 0.6 is 0 Å². The monoisotopic (exact) mass is 1390 g/mol. The second-order valence-corrected chi connectivity index (χ2v) is 36.5. The molecule has 4 saturated carbocycles. The van der Waals surface area contributed by atoms with Crippen molar-refractivity contribution < 1.29 is 39.2 Å². The van der Waals surface area contributed by atoms with Crippen LogP contribution in [0.2, 0.25) is 0 Å². The Hall–Kier alpha value is -5.51. The number of anilines is 3. The summed E-state index contributed by atoms with van der Waals surface area (Å²) in [6.07, 6.45) is 30.7. The number of rotatable bonds is 20. The highest BCUT2D eigenvalue weighted by Gasteiger charge is 2.69. The molecule has 15 atom stereocenters. The minimum atomic E-state index is -0.999. The predicted octanol–water partition coefficient (Wildman–Crippen LogP) is 17.9. The number of carboxylic acid groups (broad SMARTS) is 2. The van der Waals surface area contributed by atoms with Gasteiger partial charge in [0, 0.05) is 69.1 Å². The van der Waals surface area contributed by atoms with E-state index in [4.69, 9.17) is 29.5 Å². The topological polar surface area (TPSA) is 201 Å². The molecule has 1 aromatic carbocycles. The van der Waals surface area contributed by atoms with Gasteiger partial charge in [0.15, 0.2) is 0 Å². The number of nitrogens with zero attached hydrogens (tertiary/aromatic N) is 7. The van der Waals surface area contributed by atoms with E-state index in [1.807, 2.05) is 31.4 Å². The smallest absolute Gasteiger partial charge is 0.311 e. The van der Waals surface area contributed by atoms with Crippen molar-refractivity contribution in [2.24, 2.45) is 80.3 Å². The molecule has 101 heavy (non-hydrogen) atoms. The lowest BCUT2D eigenvalue weighted by Gasteiger charge is -2.71. The fraction of sp³-hybridized carbons (Fsp3) is 0.776. The van der Waals surface area contributed by atoms with E-state index in [-0.39, 0.29) is 57.7 Å². The first-order valence-electron chi connectivity index (χ1n) is 40.4. The van der Waals surface area contributed by atoms with Crippen LogP contribution in [0.15, 0.2) is 34.6 Å². The number of piperidine rings is 1. The number of fused-ring (bicyclic) bond motifs is 12. The summed E-state index contributed by atoms with van der Waals surface area (Å²) in [5, 5.41) is 30.3. The molecule has 10 aliphatic rings. The van der Waals surface area contributed by atoms with E-state index in [0.29, 0.717) is 41.3 Å². The van der Waals surface area contributed by atoms with Crippen molar-refractivity contribution in [2.75, 3.05) is 54.0 Å². The molecule has 16 heteroatoms. The van der Waals surface area contributed by atoms with Gasteiger partial charge in [-0.1, -0.05) is 139 Å². The van der Waals surface area contributed by atoms with Gasteiger partial charge >= 0.3 is 17.9 Å². The third-order valence-electron chi connectivity index (χ3n) is 29.1. The van der Waals surface area contributed by atoms with Crippen LogP contribution < -0.4 is 29.7 Å². The zero-order valence-electron chi connectivity index (χ0n) is 65.1. The molecule has 0 amide bonds. The SMILES string of the molecule is C[C@H]1[C@H](C)CC[C@]2(C(=O)O)CC[C@]3(C)C(=CC[C@@H]4[C@@]5(C)CC[C@H](O)C(C)(C)[C@@H]5CC[C@]43C)[C@H]12.Cc1c(C)c2c(c(C)c1OC(=O)CCC(=O)O)CC[C@@](C)(CCC[C@H](C)CCC[C@H](C)CCCC(C)C)O2.O=c1cccc2n1CC1CC2CN(c2nc(N3CCCC3)nc(N3CCCC3)n2)C1. The first kappa shape index (κ1) is 76.6. The first-order chi connectivity index (χ1) is 47.8. The molecule has 2 bridgehead atoms. The Kier molecular flexibility index (Phi) is 23.4. The molecule has 0 spiro atoms. The Bertz CT molecular complexity index is 3500. The van der Waals surface area contributed by atoms with E-state index in [9.17, 15) is 29.4 Å². The average molecular weight is 1400 g/mol. The molecule has 5 aliphatic heterocycles. The first-order valence-corrected chi connectivity index (χ1v) is 40.4. The molecule has 2 aromatic heterocycles. The Morgan fingerprint density at radius 2 is 1.31 bits per heavy atom. The lowest BCUT2D eigenvalue weighted by Crippen LogP contribution is -2.65. The number of ether oxygens (including phenoxy) is 2. The van der Waals surface area contributed by atoms with Gasteiger partial charge in [0.25, 0.3) is 5.56 Å². The number of hydrogen-bond acceptors (Lipinski definition) is 13. The van der Waals surface area contributed by atoms with Gasteiger partial charge in [-0.05, 0) is 241 Å². The summed E-state index contributed by atoms with van der Waals surface area (Å²) in [7, 11) is 0. The standard InChI is InChI=1S/C33H54O5.C30H48O3.C22H29N7O/c1-22(2)12-9-13-23(3)14-10-15-24(4)16-11-20-33(8)21-19-28-27(7)31(25(5)26(6)32(28)38-33)37-30(36)18-17-29(34)35;1-18-10-15-30(25(32)33)17-16-28(6)20(24(30)19(18)2)8-9-22-27(5)13-12-23(31)26(3,4)21(27)11-14-29(22,28)7;30-19-7-5-6-18-17-12-16(14-29(18)19)13-28(15-17)22-24-20(26-8-1-2-9-26)23-21(25-22)27-10-3-4-11-27/h22-24H,9-21H2,1-8H3,(H,34,35);8,18-19,21-24,31H,9-17H2,1-7H3,(H,32,33);5-7,16-17H,1-4,8-15H2/t23-,24-,33-;18-,19+,21+,22-,23+,24+,27+,28-,29-,30+;/m11./s1. The fourth-order valence-electron chi connectivity index (χ4n) is 22.3. The lowest BCUT2D eigenvalue weighted by atomic mass is 9.33. The number of benzene rings is 1. The minimum absolute atomic E-state index is 0.0302. The van der Waals surface area contributed by atoms with E-state index in [1.165, 1.54) is 95.5 Å². The number of aliphatic hydroxyl groups is 1. The van der Waals surface area contributed by atoms with Crippen LogP contribution in [0, 0.1) is 101 Å². The van der Waals surface area contributed by atoms with E-state index < -0.39 is 23.3 Å². The maximum atomic E-state index is 12.8. The quantitative estimate of drug-likeness (QED) is 0.0547. The van der Waals surface area contributed by atoms with Crippen LogP contribution in [-0.4, -0.2) is 104 Å². The summed E-state index contributed by atoms with van der Waals surface area (Å²) in [5.41, 5.74) is 6.51. The Labute approximate surface area is 606 Å². The summed E-state index contributed by atoms with van der Waals surface area (Å²) < 4.78 is 14.3. The van der Waals surface area contributed by atoms with Gasteiger partial charge in [0.1, 0.15) is 17.1 Å². The highest BCUT2D eigenvalue weighted by atomic mass is 16.5. The Balaban J connectivity index is 0.000000153. The summed E-state index contributed by atoms with van der Waals surface area (Å²) in [4.78, 5) is 69.9. The molecule has 560 valence electrons. The molecule has 7 fully saturated rings. The molecular formula is C85H131N7O9. The van der Waals surface area contributed by atoms with Crippen molar-refractivity contribution in [3.63, 3.8) is 0 Å². The Morgan fingerprint density at radius 1 is 0.683 bits per heavy atom. The normalized spacial score (nSPS) is 32.7. The van der Waals surface area contributed by atoms with Gasteiger partial charge in [-0.15, -0.1) is 0 Å². The van der Waals surface area contributed by atoms with Crippen LogP contribution in [0.5, 0.6) is 11.5 Å². The number of allylic oxidation sites excluding steroid dienone is 2. The minimum Gasteiger partial charge on any atom is -0.487 e. The van der Waals surface area contributed by atoms with Crippen molar-refractivity contribution >= 4 is 35.8 Å². The van der Waals surface area contributed by atoms with Crippen molar-refractivity contribution in [3.05, 3.63) is 68.1 Å². The van der Waals surface area contributed by atoms with Gasteiger partial charge in [0.2, 0.25) is 17.8 Å². The molecule has 3 saturated heterocycles. The van der Waals surface area contributed by atoms with Crippen LogP contribution in [0.4, 0.5) is 17.8 Å². The zero-order valence-corrected chi connectivity index (χ0v) is 65.1. The number of aliphatic hydroxyl groups excluding tert-OH is 1. The van der Waals surface area contributed by atoms with Crippen LogP contribution in [0.1, 0.15) is 284 Å². The number of carboxylic acids is 2. The third kappa shape index (κ3) is 15.5. The second kappa shape index (κ2) is 30.9. The third-order valence-corrected chi connectivity index (χ3v) is 29.1. The maximum absolute atomic E-state index is 12.8. The predicted molar refractivity (Wildman–Crippen MR) is 404 cm³/mol. The number of carbonyl (C=O) groups is 3. The van der Waals surface area contributed by atoms with Crippen molar-refractivity contribution in [3.8, 4) is 11.5 Å². The van der Waals surface area contributed by atoms with Gasteiger partial charge < -0.3 is 44.1 Å². The number of pyridine rings is 1.